The van der Waals surface area contributed by atoms with Crippen molar-refractivity contribution in [2.75, 3.05) is 11.9 Å². The Balaban J connectivity index is 2.03. The molecule has 1 aliphatic rings. The molecule has 0 N–H and O–H groups in total. The van der Waals surface area contributed by atoms with Crippen LogP contribution in [0.25, 0.3) is 0 Å². The van der Waals surface area contributed by atoms with E-state index in [1.165, 1.54) is 6.07 Å². The molecule has 0 unspecified atom stereocenters. The Morgan fingerprint density at radius 1 is 1.30 bits per heavy atom. The van der Waals surface area contributed by atoms with E-state index in [4.69, 9.17) is 11.6 Å². The summed E-state index contributed by atoms with van der Waals surface area (Å²) in [6.45, 7) is 0. The van der Waals surface area contributed by atoms with Gasteiger partial charge in [-0.05, 0) is 43.5 Å². The average Bonchev–Trinajstić information content (AvgIpc) is 2.40. The summed E-state index contributed by atoms with van der Waals surface area (Å²) in [5.41, 5.74) is 1.44. The first-order valence-corrected chi connectivity index (χ1v) is 7.11. The largest absolute Gasteiger partial charge is 0.363 e. The summed E-state index contributed by atoms with van der Waals surface area (Å²) in [6.07, 6.45) is 6.54. The number of rotatable bonds is 3. The third-order valence-electron chi connectivity index (χ3n) is 4.29. The van der Waals surface area contributed by atoms with E-state index in [0.29, 0.717) is 5.02 Å². The van der Waals surface area contributed by atoms with Crippen LogP contribution in [0, 0.1) is 5.82 Å². The van der Waals surface area contributed by atoms with Crippen LogP contribution in [0.3, 0.4) is 0 Å². The molecule has 1 aromatic carbocycles. The maximum Gasteiger partial charge on any atom is 0.130 e. The molecule has 2 nitrogen and oxygen atoms in total. The first-order chi connectivity index (χ1) is 9.63. The highest BCUT2D eigenvalue weighted by molar-refractivity contribution is 6.30. The minimum Gasteiger partial charge on any atom is -0.363 e. The van der Waals surface area contributed by atoms with Crippen LogP contribution in [0.15, 0.2) is 42.7 Å². The molecule has 1 fully saturated rings. The van der Waals surface area contributed by atoms with Gasteiger partial charge >= 0.3 is 0 Å². The number of anilines is 1. The van der Waals surface area contributed by atoms with Crippen LogP contribution in [0.1, 0.15) is 24.8 Å². The molecule has 20 heavy (non-hydrogen) atoms. The van der Waals surface area contributed by atoms with Gasteiger partial charge in [0.05, 0.1) is 17.4 Å². The highest BCUT2D eigenvalue weighted by atomic mass is 35.5. The second-order valence-electron chi connectivity index (χ2n) is 5.28. The lowest BCUT2D eigenvalue weighted by Crippen LogP contribution is -2.50. The maximum atomic E-state index is 14.3. The van der Waals surface area contributed by atoms with Gasteiger partial charge in [0.25, 0.3) is 0 Å². The number of hydrogen-bond donors (Lipinski definition) is 0. The first kappa shape index (κ1) is 13.4. The van der Waals surface area contributed by atoms with Gasteiger partial charge in [-0.3, -0.25) is 4.98 Å². The molecule has 3 rings (SSSR count). The standard InChI is InChI=1S/C16H16ClFN2/c1-20(13-4-2-9-19-11-13)16(7-3-8-16)14-6-5-12(17)10-15(14)18/h2,4-6,9-11H,3,7-8H2,1H3. The van der Waals surface area contributed by atoms with E-state index < -0.39 is 0 Å². The number of hydrogen-bond acceptors (Lipinski definition) is 2. The van der Waals surface area contributed by atoms with Gasteiger partial charge in [0.1, 0.15) is 5.82 Å². The van der Waals surface area contributed by atoms with Gasteiger partial charge in [0.2, 0.25) is 0 Å². The average molecular weight is 291 g/mol. The van der Waals surface area contributed by atoms with E-state index in [1.807, 2.05) is 31.4 Å². The van der Waals surface area contributed by atoms with Crippen LogP contribution in [0.5, 0.6) is 0 Å². The van der Waals surface area contributed by atoms with Gasteiger partial charge in [-0.15, -0.1) is 0 Å². The zero-order valence-electron chi connectivity index (χ0n) is 11.3. The summed E-state index contributed by atoms with van der Waals surface area (Å²) in [4.78, 5) is 6.29. The zero-order chi connectivity index (χ0) is 14.2. The lowest BCUT2D eigenvalue weighted by Gasteiger charge is -2.50. The topological polar surface area (TPSA) is 16.1 Å². The molecule has 0 radical (unpaired) electrons. The number of benzene rings is 1. The molecule has 1 heterocycles. The molecule has 2 aromatic rings. The van der Waals surface area contributed by atoms with E-state index in [0.717, 1.165) is 30.5 Å². The van der Waals surface area contributed by atoms with Crippen LogP contribution in [-0.4, -0.2) is 12.0 Å². The lowest BCUT2D eigenvalue weighted by molar-refractivity contribution is 0.233. The number of halogens is 2. The van der Waals surface area contributed by atoms with E-state index in [-0.39, 0.29) is 11.4 Å². The first-order valence-electron chi connectivity index (χ1n) is 6.73. The number of aromatic nitrogens is 1. The van der Waals surface area contributed by atoms with E-state index in [2.05, 4.69) is 9.88 Å². The molecule has 1 aliphatic carbocycles. The van der Waals surface area contributed by atoms with E-state index >= 15 is 0 Å². The van der Waals surface area contributed by atoms with Crippen LogP contribution in [-0.2, 0) is 5.54 Å². The second kappa shape index (κ2) is 5.06. The minimum atomic E-state index is -0.280. The summed E-state index contributed by atoms with van der Waals surface area (Å²) in [7, 11) is 2.00. The Labute approximate surface area is 123 Å². The number of pyridine rings is 1. The van der Waals surface area contributed by atoms with Crippen molar-refractivity contribution >= 4 is 17.3 Å². The molecule has 104 valence electrons. The van der Waals surface area contributed by atoms with Gasteiger partial charge < -0.3 is 4.90 Å². The van der Waals surface area contributed by atoms with Gasteiger partial charge in [0.15, 0.2) is 0 Å². The van der Waals surface area contributed by atoms with Crippen LogP contribution < -0.4 is 4.90 Å². The summed E-state index contributed by atoms with van der Waals surface area (Å²) in [5.74, 6) is -0.229. The van der Waals surface area contributed by atoms with Gasteiger partial charge in [-0.1, -0.05) is 17.7 Å². The van der Waals surface area contributed by atoms with Crippen LogP contribution in [0.2, 0.25) is 5.02 Å². The van der Waals surface area contributed by atoms with Crippen molar-refractivity contribution < 1.29 is 4.39 Å². The highest BCUT2D eigenvalue weighted by Gasteiger charge is 2.44. The summed E-state index contributed by atoms with van der Waals surface area (Å²) in [6, 6.07) is 8.87. The quantitative estimate of drug-likeness (QED) is 0.833. The molecule has 0 spiro atoms. The third kappa shape index (κ3) is 2.06. The summed E-state index contributed by atoms with van der Waals surface area (Å²) in [5, 5.41) is 0.435. The highest BCUT2D eigenvalue weighted by Crippen LogP contribution is 2.48. The van der Waals surface area contributed by atoms with Crippen molar-refractivity contribution in [3.05, 3.63) is 59.1 Å². The Bertz CT molecular complexity index is 611. The van der Waals surface area contributed by atoms with Crippen molar-refractivity contribution in [1.29, 1.82) is 0 Å². The Morgan fingerprint density at radius 2 is 2.10 bits per heavy atom. The Hall–Kier alpha value is -1.61. The molecular weight excluding hydrogens is 275 g/mol. The van der Waals surface area contributed by atoms with Crippen LogP contribution in [0.4, 0.5) is 10.1 Å². The molecule has 4 heteroatoms. The van der Waals surface area contributed by atoms with Crippen molar-refractivity contribution in [3.8, 4) is 0 Å². The second-order valence-corrected chi connectivity index (χ2v) is 5.72. The minimum absolute atomic E-state index is 0.229. The molecule has 0 saturated heterocycles. The fourth-order valence-electron chi connectivity index (χ4n) is 2.96. The summed E-state index contributed by atoms with van der Waals surface area (Å²) >= 11 is 5.86. The maximum absolute atomic E-state index is 14.3. The third-order valence-corrected chi connectivity index (χ3v) is 4.52. The molecular formula is C16H16ClFN2. The van der Waals surface area contributed by atoms with Gasteiger partial charge in [-0.2, -0.15) is 0 Å². The van der Waals surface area contributed by atoms with Crippen LogP contribution >= 0.6 is 11.6 Å². The molecule has 0 amide bonds. The molecule has 0 bridgehead atoms. The van der Waals surface area contributed by atoms with E-state index in [1.54, 1.807) is 12.3 Å². The predicted octanol–water partition coefficient (Wildman–Crippen LogP) is 4.39. The zero-order valence-corrected chi connectivity index (χ0v) is 12.1. The molecule has 1 aromatic heterocycles. The normalized spacial score (nSPS) is 16.6. The SMILES string of the molecule is CN(c1cccnc1)C1(c2ccc(Cl)cc2F)CCC1. The predicted molar refractivity (Wildman–Crippen MR) is 79.6 cm³/mol. The smallest absolute Gasteiger partial charge is 0.130 e. The fraction of sp³-hybridized carbons (Fsp3) is 0.312. The van der Waals surface area contributed by atoms with Gasteiger partial charge in [-0.25, -0.2) is 4.39 Å². The Morgan fingerprint density at radius 3 is 2.65 bits per heavy atom. The van der Waals surface area contributed by atoms with Gasteiger partial charge in [0, 0.05) is 23.8 Å². The number of nitrogens with zero attached hydrogens (tertiary/aromatic N) is 2. The monoisotopic (exact) mass is 290 g/mol. The molecule has 0 atom stereocenters. The van der Waals surface area contributed by atoms with Crippen molar-refractivity contribution in [1.82, 2.24) is 4.98 Å². The van der Waals surface area contributed by atoms with Crippen molar-refractivity contribution in [3.63, 3.8) is 0 Å². The van der Waals surface area contributed by atoms with E-state index in [9.17, 15) is 4.39 Å². The fourth-order valence-corrected chi connectivity index (χ4v) is 3.12. The van der Waals surface area contributed by atoms with Crippen molar-refractivity contribution in [2.45, 2.75) is 24.8 Å². The Kier molecular flexibility index (Phi) is 3.38. The molecule has 1 saturated carbocycles. The molecule has 0 aliphatic heterocycles. The summed E-state index contributed by atoms with van der Waals surface area (Å²) < 4.78 is 14.3. The van der Waals surface area contributed by atoms with Crippen molar-refractivity contribution in [2.24, 2.45) is 0 Å². The lowest BCUT2D eigenvalue weighted by atomic mass is 9.70.